The van der Waals surface area contributed by atoms with Gasteiger partial charge in [-0.3, -0.25) is 4.79 Å². The number of likely N-dealkylation sites (tertiary alicyclic amines) is 1. The second kappa shape index (κ2) is 11.5. The van der Waals surface area contributed by atoms with Gasteiger partial charge in [-0.2, -0.15) is 5.26 Å². The van der Waals surface area contributed by atoms with Crippen LogP contribution in [0.15, 0.2) is 30.9 Å². The Morgan fingerprint density at radius 1 is 1.25 bits per heavy atom. The highest BCUT2D eigenvalue weighted by molar-refractivity contribution is 5.87. The van der Waals surface area contributed by atoms with Gasteiger partial charge in [-0.05, 0) is 71.3 Å². The SMILES string of the molecule is C=CC(=O)N1C[C@H](C)N(c2c(C#N)c(OC[C@@H]3CCCN3C)nc3c2CCN(c2c(C)cccc2F)C3)C[C@H]1C. The standard InChI is InChI=1S/C31H39FN6O2/c1-6-28(39)37-16-22(4)38(17-21(37)3)30-24-12-14-36(29-20(2)9-7-11-26(29)32)18-27(24)34-31(25(30)15-33)40-19-23-10-8-13-35(23)5/h6-7,9,11,21-23H,1,8,10,12-14,16-19H2,2-5H3/t21-,22+,23+/m1/s1. The summed E-state index contributed by atoms with van der Waals surface area (Å²) in [4.78, 5) is 25.8. The van der Waals surface area contributed by atoms with Gasteiger partial charge in [-0.1, -0.05) is 18.7 Å². The minimum absolute atomic E-state index is 0.0284. The molecule has 0 aliphatic carbocycles. The Balaban J connectivity index is 1.56. The van der Waals surface area contributed by atoms with E-state index in [0.29, 0.717) is 56.3 Å². The first kappa shape index (κ1) is 27.9. The van der Waals surface area contributed by atoms with E-state index in [-0.39, 0.29) is 29.8 Å². The van der Waals surface area contributed by atoms with Crippen molar-refractivity contribution in [3.63, 3.8) is 0 Å². The second-order valence-corrected chi connectivity index (χ2v) is 11.4. The summed E-state index contributed by atoms with van der Waals surface area (Å²) in [5, 5.41) is 10.5. The second-order valence-electron chi connectivity index (χ2n) is 11.4. The average Bonchev–Trinajstić information content (AvgIpc) is 3.35. The van der Waals surface area contributed by atoms with Crippen LogP contribution in [0.25, 0.3) is 0 Å². The van der Waals surface area contributed by atoms with Crippen molar-refractivity contribution in [2.75, 3.05) is 49.6 Å². The average molecular weight is 547 g/mol. The van der Waals surface area contributed by atoms with E-state index >= 15 is 0 Å². The van der Waals surface area contributed by atoms with Crippen LogP contribution in [-0.2, 0) is 17.8 Å². The molecule has 212 valence electrons. The first-order chi connectivity index (χ1) is 19.2. The molecule has 1 aromatic heterocycles. The smallest absolute Gasteiger partial charge is 0.246 e. The monoisotopic (exact) mass is 546 g/mol. The molecule has 1 aromatic carbocycles. The third-order valence-corrected chi connectivity index (χ3v) is 8.73. The van der Waals surface area contributed by atoms with Gasteiger partial charge >= 0.3 is 0 Å². The number of anilines is 2. The van der Waals surface area contributed by atoms with E-state index in [0.717, 1.165) is 41.9 Å². The molecule has 40 heavy (non-hydrogen) atoms. The number of para-hydroxylation sites is 1. The number of aryl methyl sites for hydroxylation is 1. The molecule has 2 saturated heterocycles. The predicted molar refractivity (Wildman–Crippen MR) is 154 cm³/mol. The zero-order chi connectivity index (χ0) is 28.6. The highest BCUT2D eigenvalue weighted by atomic mass is 19.1. The van der Waals surface area contributed by atoms with Crippen LogP contribution in [0, 0.1) is 24.1 Å². The molecule has 8 nitrogen and oxygen atoms in total. The summed E-state index contributed by atoms with van der Waals surface area (Å²) < 4.78 is 21.3. The van der Waals surface area contributed by atoms with Crippen molar-refractivity contribution < 1.29 is 13.9 Å². The molecule has 0 spiro atoms. The molecule has 1 amide bonds. The molecule has 9 heteroatoms. The van der Waals surface area contributed by atoms with Crippen molar-refractivity contribution in [3.8, 4) is 11.9 Å². The van der Waals surface area contributed by atoms with Gasteiger partial charge in [0, 0.05) is 43.3 Å². The number of hydrogen-bond acceptors (Lipinski definition) is 7. The molecule has 0 unspecified atom stereocenters. The van der Waals surface area contributed by atoms with Crippen LogP contribution in [0.4, 0.5) is 15.8 Å². The van der Waals surface area contributed by atoms with Gasteiger partial charge in [0.15, 0.2) is 0 Å². The Labute approximate surface area is 236 Å². The molecular formula is C31H39FN6O2. The van der Waals surface area contributed by atoms with Gasteiger partial charge in [-0.15, -0.1) is 0 Å². The van der Waals surface area contributed by atoms with Crippen molar-refractivity contribution in [1.82, 2.24) is 14.8 Å². The number of nitriles is 1. The highest BCUT2D eigenvalue weighted by Gasteiger charge is 2.37. The number of carbonyl (C=O) groups excluding carboxylic acids is 1. The van der Waals surface area contributed by atoms with Crippen LogP contribution in [0.5, 0.6) is 5.88 Å². The molecule has 0 N–H and O–H groups in total. The number of rotatable bonds is 6. The van der Waals surface area contributed by atoms with E-state index < -0.39 is 0 Å². The number of aromatic nitrogens is 1. The highest BCUT2D eigenvalue weighted by Crippen LogP contribution is 2.40. The summed E-state index contributed by atoms with van der Waals surface area (Å²) in [7, 11) is 2.10. The number of benzene rings is 1. The largest absolute Gasteiger partial charge is 0.475 e. The molecule has 0 bridgehead atoms. The number of carbonyl (C=O) groups is 1. The first-order valence-corrected chi connectivity index (χ1v) is 14.2. The number of ether oxygens (including phenoxy) is 1. The van der Waals surface area contributed by atoms with Crippen molar-refractivity contribution in [2.45, 2.75) is 64.7 Å². The van der Waals surface area contributed by atoms with E-state index in [2.05, 4.69) is 36.4 Å². The lowest BCUT2D eigenvalue weighted by Crippen LogP contribution is -2.58. The van der Waals surface area contributed by atoms with E-state index in [1.54, 1.807) is 6.07 Å². The van der Waals surface area contributed by atoms with E-state index in [1.807, 2.05) is 29.7 Å². The Bertz CT molecular complexity index is 1320. The molecule has 4 heterocycles. The fourth-order valence-corrected chi connectivity index (χ4v) is 6.50. The third-order valence-electron chi connectivity index (χ3n) is 8.73. The van der Waals surface area contributed by atoms with Crippen molar-refractivity contribution in [1.29, 1.82) is 5.26 Å². The minimum atomic E-state index is -0.247. The van der Waals surface area contributed by atoms with Crippen LogP contribution < -0.4 is 14.5 Å². The third kappa shape index (κ3) is 5.13. The molecular weight excluding hydrogens is 507 g/mol. The van der Waals surface area contributed by atoms with Gasteiger partial charge in [0.1, 0.15) is 24.1 Å². The quantitative estimate of drug-likeness (QED) is 0.506. The van der Waals surface area contributed by atoms with Gasteiger partial charge in [-0.25, -0.2) is 9.37 Å². The number of nitrogens with zero attached hydrogens (tertiary/aromatic N) is 6. The van der Waals surface area contributed by atoms with Gasteiger partial charge in [0.25, 0.3) is 0 Å². The van der Waals surface area contributed by atoms with Gasteiger partial charge < -0.3 is 24.3 Å². The number of pyridine rings is 1. The van der Waals surface area contributed by atoms with Crippen molar-refractivity contribution in [3.05, 3.63) is 59.1 Å². The molecule has 0 radical (unpaired) electrons. The first-order valence-electron chi connectivity index (χ1n) is 14.2. The van der Waals surface area contributed by atoms with E-state index in [4.69, 9.17) is 9.72 Å². The zero-order valence-corrected chi connectivity index (χ0v) is 24.0. The number of fused-ring (bicyclic) bond motifs is 1. The molecule has 3 atom stereocenters. The maximum absolute atomic E-state index is 15.0. The van der Waals surface area contributed by atoms with Crippen LogP contribution in [0.3, 0.4) is 0 Å². The summed E-state index contributed by atoms with van der Waals surface area (Å²) >= 11 is 0. The Kier molecular flexibility index (Phi) is 7.99. The van der Waals surface area contributed by atoms with Crippen LogP contribution >= 0.6 is 0 Å². The Morgan fingerprint density at radius 3 is 2.73 bits per heavy atom. The molecule has 3 aliphatic rings. The number of hydrogen-bond donors (Lipinski definition) is 0. The lowest BCUT2D eigenvalue weighted by atomic mass is 9.95. The van der Waals surface area contributed by atoms with E-state index in [1.165, 1.54) is 12.1 Å². The fourth-order valence-electron chi connectivity index (χ4n) is 6.50. The predicted octanol–water partition coefficient (Wildman–Crippen LogP) is 4.05. The number of amides is 1. The summed E-state index contributed by atoms with van der Waals surface area (Å²) in [6.45, 7) is 13.3. The van der Waals surface area contributed by atoms with Crippen molar-refractivity contribution >= 4 is 17.3 Å². The maximum Gasteiger partial charge on any atom is 0.246 e. The van der Waals surface area contributed by atoms with Gasteiger partial charge in [0.05, 0.1) is 23.6 Å². The molecule has 5 rings (SSSR count). The molecule has 3 aliphatic heterocycles. The van der Waals surface area contributed by atoms with Crippen LogP contribution in [-0.4, -0.2) is 78.7 Å². The Hall–Kier alpha value is -3.64. The normalized spacial score (nSPS) is 23.1. The Morgan fingerprint density at radius 2 is 2.05 bits per heavy atom. The fraction of sp³-hybridized carbons (Fsp3) is 0.516. The number of piperazine rings is 1. The lowest BCUT2D eigenvalue weighted by molar-refractivity contribution is -0.128. The summed E-state index contributed by atoms with van der Waals surface area (Å²) in [6.07, 6.45) is 4.15. The molecule has 2 fully saturated rings. The van der Waals surface area contributed by atoms with Gasteiger partial charge in [0.2, 0.25) is 11.8 Å². The van der Waals surface area contributed by atoms with Crippen LogP contribution in [0.2, 0.25) is 0 Å². The lowest BCUT2D eigenvalue weighted by Gasteiger charge is -2.46. The zero-order valence-electron chi connectivity index (χ0n) is 24.0. The number of likely N-dealkylation sites (N-methyl/N-ethyl adjacent to an activating group) is 1. The maximum atomic E-state index is 15.0. The molecule has 0 saturated carbocycles. The summed E-state index contributed by atoms with van der Waals surface area (Å²) in [5.74, 6) is 0.00786. The number of halogens is 1. The van der Waals surface area contributed by atoms with Crippen LogP contribution in [0.1, 0.15) is 49.1 Å². The summed E-state index contributed by atoms with van der Waals surface area (Å²) in [6, 6.07) is 7.76. The topological polar surface area (TPSA) is 75.9 Å². The molecule has 2 aromatic rings. The summed E-state index contributed by atoms with van der Waals surface area (Å²) in [5.41, 5.74) is 4.57. The minimum Gasteiger partial charge on any atom is -0.475 e. The van der Waals surface area contributed by atoms with Crippen molar-refractivity contribution in [2.24, 2.45) is 0 Å². The van der Waals surface area contributed by atoms with E-state index in [9.17, 15) is 14.4 Å².